The lowest BCUT2D eigenvalue weighted by Gasteiger charge is -2.37. The Morgan fingerprint density at radius 3 is 2.66 bits per heavy atom. The van der Waals surface area contributed by atoms with Crippen LogP contribution >= 0.6 is 23.4 Å². The van der Waals surface area contributed by atoms with Crippen LogP contribution in [-0.2, 0) is 19.1 Å². The summed E-state index contributed by atoms with van der Waals surface area (Å²) in [5.41, 5.74) is 0.674. The first-order valence-electron chi connectivity index (χ1n) is 12.2. The van der Waals surface area contributed by atoms with Crippen molar-refractivity contribution >= 4 is 46.8 Å². The topological polar surface area (TPSA) is 87.2 Å². The molecule has 0 aliphatic carbocycles. The van der Waals surface area contributed by atoms with Gasteiger partial charge in [-0.1, -0.05) is 17.7 Å². The summed E-state index contributed by atoms with van der Waals surface area (Å²) < 4.78 is 4.26. The van der Waals surface area contributed by atoms with Crippen LogP contribution in [-0.4, -0.2) is 69.6 Å². The molecule has 3 saturated heterocycles. The van der Waals surface area contributed by atoms with E-state index in [4.69, 9.17) is 16.3 Å². The summed E-state index contributed by atoms with van der Waals surface area (Å²) >= 11 is 7.70. The molecule has 0 radical (unpaired) electrons. The Labute approximate surface area is 215 Å². The fraction of sp³-hybridized carbons (Fsp3) is 0.577. The molecular formula is C26H33ClN2O5S. The van der Waals surface area contributed by atoms with Gasteiger partial charge >= 0.3 is 5.97 Å². The zero-order valence-electron chi connectivity index (χ0n) is 20.2. The van der Waals surface area contributed by atoms with Crippen molar-refractivity contribution in [2.45, 2.75) is 55.1 Å². The number of esters is 1. The van der Waals surface area contributed by atoms with Crippen molar-refractivity contribution in [1.82, 2.24) is 4.90 Å². The molecule has 2 amide bonds. The minimum absolute atomic E-state index is 0.0147. The number of hydrogen-bond donors (Lipinski definition) is 1. The summed E-state index contributed by atoms with van der Waals surface area (Å²) in [5, 5.41) is 9.88. The van der Waals surface area contributed by atoms with Gasteiger partial charge in [0.1, 0.15) is 6.04 Å². The molecule has 0 saturated carbocycles. The van der Waals surface area contributed by atoms with Gasteiger partial charge in [0.25, 0.3) is 5.91 Å². The molecule has 0 aromatic heterocycles. The lowest BCUT2D eigenvalue weighted by molar-refractivity contribution is -0.155. The number of likely N-dealkylation sites (tertiary alicyclic amines) is 1. The van der Waals surface area contributed by atoms with E-state index in [-0.39, 0.29) is 37.5 Å². The SMILES string of the molecule is C=CCN(C(=O)C1N(CCCCO)C(=O)[C@@H]2[C@H](C(=O)OCC)[C@]3(C)CCC12S3)c1ccc(Cl)cc1. The number of carbonyl (C=O) groups excluding carboxylic acids is 3. The van der Waals surface area contributed by atoms with Crippen molar-refractivity contribution in [2.24, 2.45) is 11.8 Å². The number of unbranched alkanes of at least 4 members (excludes halogenated alkanes) is 1. The van der Waals surface area contributed by atoms with E-state index in [1.165, 1.54) is 0 Å². The predicted octanol–water partition coefficient (Wildman–Crippen LogP) is 3.68. The second-order valence-electron chi connectivity index (χ2n) is 9.66. The van der Waals surface area contributed by atoms with Crippen molar-refractivity contribution in [3.8, 4) is 0 Å². The lowest BCUT2D eigenvalue weighted by Crippen LogP contribution is -2.55. The van der Waals surface area contributed by atoms with E-state index >= 15 is 0 Å². The first-order chi connectivity index (χ1) is 16.7. The highest BCUT2D eigenvalue weighted by atomic mass is 35.5. The van der Waals surface area contributed by atoms with E-state index < -0.39 is 27.4 Å². The van der Waals surface area contributed by atoms with Crippen LogP contribution in [0.5, 0.6) is 0 Å². The van der Waals surface area contributed by atoms with Crippen molar-refractivity contribution in [2.75, 3.05) is 31.2 Å². The normalized spacial score (nSPS) is 30.9. The molecule has 3 heterocycles. The standard InChI is InChI=1S/C26H33ClN2O5S/c1-4-14-28(18-10-8-17(27)9-11-18)23(32)21-26-13-12-25(3,35-26)20(24(33)34-5-2)19(26)22(31)29(21)15-6-7-16-30/h4,8-11,19-21,30H,1,5-7,12-16H2,2-3H3/t19-,20+,21?,25-,26?/m0/s1. The molecule has 190 valence electrons. The van der Waals surface area contributed by atoms with E-state index in [1.54, 1.807) is 58.8 Å². The number of ether oxygens (including phenoxy) is 1. The summed E-state index contributed by atoms with van der Waals surface area (Å²) in [6.45, 7) is 8.51. The van der Waals surface area contributed by atoms with Gasteiger partial charge in [-0.25, -0.2) is 0 Å². The fourth-order valence-corrected chi connectivity index (χ4v) is 8.61. The number of nitrogens with zero attached hydrogens (tertiary/aromatic N) is 2. The van der Waals surface area contributed by atoms with Crippen molar-refractivity contribution < 1.29 is 24.2 Å². The third-order valence-corrected chi connectivity index (χ3v) is 9.81. The molecule has 4 rings (SSSR count). The Kier molecular flexibility index (Phi) is 7.55. The highest BCUT2D eigenvalue weighted by Gasteiger charge is 2.77. The van der Waals surface area contributed by atoms with E-state index in [0.717, 1.165) is 6.42 Å². The molecule has 3 aliphatic heterocycles. The Balaban J connectivity index is 1.77. The number of aliphatic hydroxyl groups is 1. The van der Waals surface area contributed by atoms with Crippen LogP contribution in [0.25, 0.3) is 0 Å². The number of fused-ring (bicyclic) bond motifs is 1. The van der Waals surface area contributed by atoms with Gasteiger partial charge in [-0.2, -0.15) is 0 Å². The molecule has 1 N–H and O–H groups in total. The molecule has 1 aromatic carbocycles. The van der Waals surface area contributed by atoms with Crippen LogP contribution in [0.2, 0.25) is 5.02 Å². The first kappa shape index (κ1) is 26.0. The summed E-state index contributed by atoms with van der Waals surface area (Å²) in [5.74, 6) is -1.90. The van der Waals surface area contributed by atoms with Crippen molar-refractivity contribution in [3.63, 3.8) is 0 Å². The molecule has 1 spiro atoms. The monoisotopic (exact) mass is 520 g/mol. The quantitative estimate of drug-likeness (QED) is 0.288. The molecule has 9 heteroatoms. The fourth-order valence-electron chi connectivity index (χ4n) is 6.15. The maximum Gasteiger partial charge on any atom is 0.311 e. The Morgan fingerprint density at radius 2 is 2.03 bits per heavy atom. The van der Waals surface area contributed by atoms with Gasteiger partial charge in [0.2, 0.25) is 5.91 Å². The number of anilines is 1. The van der Waals surface area contributed by atoms with Crippen LogP contribution < -0.4 is 4.90 Å². The van der Waals surface area contributed by atoms with Gasteiger partial charge in [-0.15, -0.1) is 18.3 Å². The number of aliphatic hydroxyl groups excluding tert-OH is 1. The van der Waals surface area contributed by atoms with Crippen LogP contribution in [0.1, 0.15) is 39.5 Å². The second-order valence-corrected chi connectivity index (χ2v) is 12.0. The van der Waals surface area contributed by atoms with Gasteiger partial charge in [0, 0.05) is 35.2 Å². The minimum atomic E-state index is -0.722. The molecule has 2 bridgehead atoms. The van der Waals surface area contributed by atoms with Gasteiger partial charge in [-0.3, -0.25) is 14.4 Å². The number of halogens is 1. The summed E-state index contributed by atoms with van der Waals surface area (Å²) in [6.07, 6.45) is 4.18. The summed E-state index contributed by atoms with van der Waals surface area (Å²) in [6, 6.07) is 6.31. The van der Waals surface area contributed by atoms with Gasteiger partial charge in [-0.05, 0) is 63.8 Å². The van der Waals surface area contributed by atoms with Gasteiger partial charge < -0.3 is 19.6 Å². The average molecular weight is 521 g/mol. The third kappa shape index (κ3) is 4.27. The highest BCUT2D eigenvalue weighted by molar-refractivity contribution is 8.02. The molecule has 1 aromatic rings. The highest BCUT2D eigenvalue weighted by Crippen LogP contribution is 2.71. The number of hydrogen-bond acceptors (Lipinski definition) is 6. The zero-order chi connectivity index (χ0) is 25.4. The molecule has 2 unspecified atom stereocenters. The summed E-state index contributed by atoms with van der Waals surface area (Å²) in [4.78, 5) is 44.7. The van der Waals surface area contributed by atoms with Crippen LogP contribution in [0.3, 0.4) is 0 Å². The van der Waals surface area contributed by atoms with Crippen LogP contribution in [0.15, 0.2) is 36.9 Å². The molecule has 35 heavy (non-hydrogen) atoms. The number of carbonyl (C=O) groups is 3. The van der Waals surface area contributed by atoms with Crippen LogP contribution in [0.4, 0.5) is 5.69 Å². The number of amides is 2. The van der Waals surface area contributed by atoms with Gasteiger partial charge in [0.05, 0.1) is 23.2 Å². The molecule has 3 aliphatic rings. The lowest BCUT2D eigenvalue weighted by atomic mass is 9.66. The molecular weight excluding hydrogens is 488 g/mol. The number of benzene rings is 1. The minimum Gasteiger partial charge on any atom is -0.466 e. The molecule has 5 atom stereocenters. The Bertz CT molecular complexity index is 1000. The van der Waals surface area contributed by atoms with Crippen molar-refractivity contribution in [3.05, 3.63) is 41.9 Å². The average Bonchev–Trinajstić information content (AvgIpc) is 3.39. The molecule has 7 nitrogen and oxygen atoms in total. The largest absolute Gasteiger partial charge is 0.466 e. The van der Waals surface area contributed by atoms with Gasteiger partial charge in [0.15, 0.2) is 0 Å². The van der Waals surface area contributed by atoms with E-state index in [1.807, 2.05) is 6.92 Å². The van der Waals surface area contributed by atoms with E-state index in [0.29, 0.717) is 36.5 Å². The van der Waals surface area contributed by atoms with E-state index in [9.17, 15) is 19.5 Å². The first-order valence-corrected chi connectivity index (χ1v) is 13.4. The zero-order valence-corrected chi connectivity index (χ0v) is 21.8. The van der Waals surface area contributed by atoms with Crippen molar-refractivity contribution in [1.29, 1.82) is 0 Å². The number of thioether (sulfide) groups is 1. The maximum absolute atomic E-state index is 14.3. The Morgan fingerprint density at radius 1 is 1.31 bits per heavy atom. The maximum atomic E-state index is 14.3. The predicted molar refractivity (Wildman–Crippen MR) is 137 cm³/mol. The summed E-state index contributed by atoms with van der Waals surface area (Å²) in [7, 11) is 0. The Hall–Kier alpha value is -2.03. The smallest absolute Gasteiger partial charge is 0.311 e. The number of rotatable bonds is 10. The van der Waals surface area contributed by atoms with Crippen LogP contribution in [0, 0.1) is 11.8 Å². The molecule has 3 fully saturated rings. The third-order valence-electron chi connectivity index (χ3n) is 7.57. The second kappa shape index (κ2) is 10.1. The van der Waals surface area contributed by atoms with E-state index in [2.05, 4.69) is 6.58 Å².